The number of nitrogens with zero attached hydrogens (tertiary/aromatic N) is 1. The van der Waals surface area contributed by atoms with E-state index in [-0.39, 0.29) is 16.5 Å². The Labute approximate surface area is 142 Å². The van der Waals surface area contributed by atoms with Crippen molar-refractivity contribution in [3.05, 3.63) is 41.6 Å². The van der Waals surface area contributed by atoms with Crippen LogP contribution in [0.3, 0.4) is 0 Å². The van der Waals surface area contributed by atoms with E-state index in [0.29, 0.717) is 28.4 Å². The van der Waals surface area contributed by atoms with E-state index in [1.54, 1.807) is 26.4 Å². The van der Waals surface area contributed by atoms with Gasteiger partial charge in [-0.3, -0.25) is 0 Å². The lowest BCUT2D eigenvalue weighted by atomic mass is 10.0. The van der Waals surface area contributed by atoms with Crippen molar-refractivity contribution < 1.29 is 24.2 Å². The molecule has 0 aliphatic carbocycles. The van der Waals surface area contributed by atoms with E-state index >= 15 is 0 Å². The molecule has 0 aliphatic rings. The number of hydrogen-bond donors (Lipinski definition) is 2. The number of aromatic hydroxyl groups is 2. The summed E-state index contributed by atoms with van der Waals surface area (Å²) < 4.78 is 15.8. The number of rotatable bonds is 4. The molecule has 0 unspecified atom stereocenters. The molecule has 2 aromatic carbocycles. The summed E-state index contributed by atoms with van der Waals surface area (Å²) in [5.41, 5.74) is 1.71. The fraction of sp³-hybridized carbons (Fsp3) is 0.118. The van der Waals surface area contributed by atoms with Gasteiger partial charge in [0.25, 0.3) is 0 Å². The SMILES string of the molecule is COc1ccc(-c2cnoc2-c2cc(Cl)c(O)cc2O)cc1OC. The summed E-state index contributed by atoms with van der Waals surface area (Å²) in [6.07, 6.45) is 1.52. The van der Waals surface area contributed by atoms with Crippen molar-refractivity contribution in [1.29, 1.82) is 0 Å². The lowest BCUT2D eigenvalue weighted by molar-refractivity contribution is 0.355. The fourth-order valence-electron chi connectivity index (χ4n) is 2.38. The number of methoxy groups -OCH3 is 2. The van der Waals surface area contributed by atoms with Crippen molar-refractivity contribution in [1.82, 2.24) is 5.16 Å². The fourth-order valence-corrected chi connectivity index (χ4v) is 2.54. The second kappa shape index (κ2) is 6.33. The van der Waals surface area contributed by atoms with Crippen LogP contribution >= 0.6 is 11.6 Å². The number of phenolic OH excluding ortho intramolecular Hbond substituents is 2. The number of ether oxygens (including phenoxy) is 2. The first-order chi connectivity index (χ1) is 11.5. The third-order valence-electron chi connectivity index (χ3n) is 3.57. The summed E-state index contributed by atoms with van der Waals surface area (Å²) in [5.74, 6) is 1.08. The lowest BCUT2D eigenvalue weighted by Crippen LogP contribution is -1.91. The van der Waals surface area contributed by atoms with Crippen LogP contribution in [0.2, 0.25) is 5.02 Å². The minimum Gasteiger partial charge on any atom is -0.507 e. The standard InChI is InChI=1S/C17H14ClNO5/c1-22-15-4-3-9(5-16(15)23-2)11-8-19-24-17(11)10-6-12(18)14(21)7-13(10)20/h3-8,20-21H,1-2H3. The predicted octanol–water partition coefficient (Wildman–Crippen LogP) is 4.09. The highest BCUT2D eigenvalue weighted by Gasteiger charge is 2.19. The maximum Gasteiger partial charge on any atom is 0.178 e. The van der Waals surface area contributed by atoms with Crippen LogP contribution in [0.25, 0.3) is 22.5 Å². The summed E-state index contributed by atoms with van der Waals surface area (Å²) in [6.45, 7) is 0. The van der Waals surface area contributed by atoms with Gasteiger partial charge in [0.15, 0.2) is 17.3 Å². The Hall–Kier alpha value is -2.86. The largest absolute Gasteiger partial charge is 0.507 e. The van der Waals surface area contributed by atoms with Crippen molar-refractivity contribution >= 4 is 11.6 Å². The monoisotopic (exact) mass is 347 g/mol. The molecule has 1 aromatic heterocycles. The van der Waals surface area contributed by atoms with Crippen LogP contribution in [-0.4, -0.2) is 29.6 Å². The van der Waals surface area contributed by atoms with Gasteiger partial charge >= 0.3 is 0 Å². The van der Waals surface area contributed by atoms with Crippen molar-refractivity contribution in [2.75, 3.05) is 14.2 Å². The summed E-state index contributed by atoms with van der Waals surface area (Å²) in [7, 11) is 3.10. The summed E-state index contributed by atoms with van der Waals surface area (Å²) in [4.78, 5) is 0. The molecule has 0 amide bonds. The quantitative estimate of drug-likeness (QED) is 0.739. The molecule has 0 atom stereocenters. The van der Waals surface area contributed by atoms with E-state index in [4.69, 9.17) is 25.6 Å². The van der Waals surface area contributed by atoms with Crippen LogP contribution in [0.4, 0.5) is 0 Å². The van der Waals surface area contributed by atoms with Gasteiger partial charge in [0.05, 0.1) is 31.0 Å². The number of hydrogen-bond acceptors (Lipinski definition) is 6. The number of benzene rings is 2. The molecule has 0 fully saturated rings. The number of phenols is 2. The minimum atomic E-state index is -0.218. The van der Waals surface area contributed by atoms with Gasteiger partial charge in [-0.1, -0.05) is 22.8 Å². The maximum absolute atomic E-state index is 10.1. The summed E-state index contributed by atoms with van der Waals surface area (Å²) >= 11 is 5.93. The third kappa shape index (κ3) is 2.72. The molecular weight excluding hydrogens is 334 g/mol. The van der Waals surface area contributed by atoms with E-state index in [9.17, 15) is 10.2 Å². The van der Waals surface area contributed by atoms with Gasteiger partial charge in [0.2, 0.25) is 0 Å². The Morgan fingerprint density at radius 1 is 0.958 bits per heavy atom. The van der Waals surface area contributed by atoms with Crippen molar-refractivity contribution in [2.24, 2.45) is 0 Å². The Balaban J connectivity index is 2.14. The average molecular weight is 348 g/mol. The van der Waals surface area contributed by atoms with Gasteiger partial charge < -0.3 is 24.2 Å². The molecule has 0 saturated heterocycles. The highest BCUT2D eigenvalue weighted by atomic mass is 35.5. The lowest BCUT2D eigenvalue weighted by Gasteiger charge is -2.10. The van der Waals surface area contributed by atoms with Crippen LogP contribution in [0.15, 0.2) is 41.1 Å². The molecule has 24 heavy (non-hydrogen) atoms. The van der Waals surface area contributed by atoms with Crippen LogP contribution in [0.1, 0.15) is 0 Å². The molecular formula is C17H14ClNO5. The molecule has 0 saturated carbocycles. The van der Waals surface area contributed by atoms with Gasteiger partial charge in [-0.25, -0.2) is 0 Å². The van der Waals surface area contributed by atoms with Gasteiger partial charge in [-0.2, -0.15) is 0 Å². The van der Waals surface area contributed by atoms with Gasteiger partial charge in [-0.15, -0.1) is 0 Å². The van der Waals surface area contributed by atoms with E-state index in [0.717, 1.165) is 11.6 Å². The number of halogens is 1. The zero-order chi connectivity index (χ0) is 17.3. The van der Waals surface area contributed by atoms with Gasteiger partial charge in [-0.05, 0) is 23.8 Å². The van der Waals surface area contributed by atoms with Crippen LogP contribution in [0.5, 0.6) is 23.0 Å². The molecule has 2 N–H and O–H groups in total. The van der Waals surface area contributed by atoms with E-state index in [2.05, 4.69) is 5.16 Å². The van der Waals surface area contributed by atoms with E-state index in [1.165, 1.54) is 12.3 Å². The second-order valence-corrected chi connectivity index (χ2v) is 5.37. The number of aromatic nitrogens is 1. The molecule has 0 bridgehead atoms. The van der Waals surface area contributed by atoms with Crippen LogP contribution in [-0.2, 0) is 0 Å². The zero-order valence-corrected chi connectivity index (χ0v) is 13.7. The topological polar surface area (TPSA) is 85.0 Å². The minimum absolute atomic E-state index is 0.0949. The highest BCUT2D eigenvalue weighted by molar-refractivity contribution is 6.32. The van der Waals surface area contributed by atoms with Crippen molar-refractivity contribution in [3.63, 3.8) is 0 Å². The maximum atomic E-state index is 10.1. The molecule has 124 valence electrons. The van der Waals surface area contributed by atoms with Crippen molar-refractivity contribution in [2.45, 2.75) is 0 Å². The summed E-state index contributed by atoms with van der Waals surface area (Å²) in [5, 5.41) is 23.6. The molecule has 3 rings (SSSR count). The Kier molecular flexibility index (Phi) is 4.22. The third-order valence-corrected chi connectivity index (χ3v) is 3.88. The van der Waals surface area contributed by atoms with Gasteiger partial charge in [0.1, 0.15) is 11.5 Å². The first-order valence-corrected chi connectivity index (χ1v) is 7.32. The van der Waals surface area contributed by atoms with E-state index < -0.39 is 0 Å². The molecule has 3 aromatic rings. The highest BCUT2D eigenvalue weighted by Crippen LogP contribution is 2.42. The Morgan fingerprint density at radius 2 is 1.71 bits per heavy atom. The average Bonchev–Trinajstić information content (AvgIpc) is 3.06. The molecule has 0 radical (unpaired) electrons. The van der Waals surface area contributed by atoms with Gasteiger partial charge in [0, 0.05) is 11.6 Å². The second-order valence-electron chi connectivity index (χ2n) is 4.96. The van der Waals surface area contributed by atoms with E-state index in [1.807, 2.05) is 6.07 Å². The Morgan fingerprint density at radius 3 is 2.42 bits per heavy atom. The zero-order valence-electron chi connectivity index (χ0n) is 12.9. The first kappa shape index (κ1) is 16.0. The van der Waals surface area contributed by atoms with Crippen molar-refractivity contribution in [3.8, 4) is 45.4 Å². The normalized spacial score (nSPS) is 10.6. The molecule has 0 aliphatic heterocycles. The van der Waals surface area contributed by atoms with Crippen LogP contribution < -0.4 is 9.47 Å². The molecule has 6 nitrogen and oxygen atoms in total. The van der Waals surface area contributed by atoms with Crippen LogP contribution in [0, 0.1) is 0 Å². The molecule has 1 heterocycles. The molecule has 0 spiro atoms. The summed E-state index contributed by atoms with van der Waals surface area (Å²) in [6, 6.07) is 7.91. The Bertz CT molecular complexity index is 891. The first-order valence-electron chi connectivity index (χ1n) is 6.94. The molecule has 7 heteroatoms. The smallest absolute Gasteiger partial charge is 0.178 e. The predicted molar refractivity (Wildman–Crippen MR) is 88.8 cm³/mol.